The highest BCUT2D eigenvalue weighted by Crippen LogP contribution is 2.39. The summed E-state index contributed by atoms with van der Waals surface area (Å²) in [6, 6.07) is 8.65. The number of unbranched alkanes of at least 4 members (excludes halogenated alkanes) is 5. The van der Waals surface area contributed by atoms with Gasteiger partial charge < -0.3 is 10.2 Å². The average molecular weight is 474 g/mol. The number of nitrogens with one attached hydrogen (secondary N) is 1. The molecule has 7 heteroatoms. The standard InChI is InChI=1S/C20H9NO6.C8H18/c22-15-7-3-1-2-4-8(7)16(23)14-13(15)17(24)9-5-11-12(6-10(9)18(14)25)20(27)21-19(11)26;1-3-5-7-8-6-4-2/h1-6,22-23H,(H,21,26,27);3-8H2,1-2H3. The van der Waals surface area contributed by atoms with E-state index in [1.54, 1.807) is 12.1 Å². The van der Waals surface area contributed by atoms with Crippen LogP contribution in [0.15, 0.2) is 55.6 Å². The van der Waals surface area contributed by atoms with Crippen molar-refractivity contribution < 1.29 is 10.2 Å². The molecule has 0 atom stereocenters. The van der Waals surface area contributed by atoms with E-state index in [9.17, 15) is 29.4 Å². The summed E-state index contributed by atoms with van der Waals surface area (Å²) < 4.78 is 0. The first-order valence-corrected chi connectivity index (χ1v) is 11.9. The average Bonchev–Trinajstić information content (AvgIpc) is 3.14. The minimum absolute atomic E-state index is 0.00662. The van der Waals surface area contributed by atoms with Gasteiger partial charge in [0.15, 0.2) is 10.9 Å². The normalized spacial score (nSPS) is 11.4. The van der Waals surface area contributed by atoms with Crippen molar-refractivity contribution in [3.63, 3.8) is 0 Å². The van der Waals surface area contributed by atoms with Crippen LogP contribution >= 0.6 is 0 Å². The number of aromatic hydroxyl groups is 2. The highest BCUT2D eigenvalue weighted by molar-refractivity contribution is 6.15. The molecule has 1 heterocycles. The maximum atomic E-state index is 13.0. The zero-order chi connectivity index (χ0) is 25.3. The van der Waals surface area contributed by atoms with Gasteiger partial charge in [-0.25, -0.2) is 0 Å². The lowest BCUT2D eigenvalue weighted by atomic mass is 9.95. The van der Waals surface area contributed by atoms with Crippen LogP contribution in [-0.4, -0.2) is 15.2 Å². The third kappa shape index (κ3) is 4.07. The number of hydrogen-bond donors (Lipinski definition) is 3. The molecular formula is C28H27NO6. The van der Waals surface area contributed by atoms with Crippen molar-refractivity contribution in [1.29, 1.82) is 0 Å². The fourth-order valence-electron chi connectivity index (χ4n) is 4.56. The van der Waals surface area contributed by atoms with E-state index in [1.807, 2.05) is 0 Å². The minimum Gasteiger partial charge on any atom is -0.506 e. The maximum absolute atomic E-state index is 13.0. The van der Waals surface area contributed by atoms with Gasteiger partial charge in [0.05, 0.1) is 21.5 Å². The number of fused-ring (bicyclic) bond motifs is 4. The van der Waals surface area contributed by atoms with E-state index in [1.165, 1.54) is 62.8 Å². The fourth-order valence-corrected chi connectivity index (χ4v) is 4.56. The molecule has 5 rings (SSSR count). The Kier molecular flexibility index (Phi) is 6.69. The lowest BCUT2D eigenvalue weighted by Gasteiger charge is -2.09. The van der Waals surface area contributed by atoms with Crippen LogP contribution in [0.5, 0.6) is 11.5 Å². The van der Waals surface area contributed by atoms with Gasteiger partial charge in [-0.15, -0.1) is 0 Å². The molecule has 3 N–H and O–H groups in total. The number of aromatic amines is 1. The van der Waals surface area contributed by atoms with Crippen LogP contribution in [0.1, 0.15) is 52.4 Å². The highest BCUT2D eigenvalue weighted by atomic mass is 16.3. The highest BCUT2D eigenvalue weighted by Gasteiger charge is 2.22. The Morgan fingerprint density at radius 3 is 1.37 bits per heavy atom. The van der Waals surface area contributed by atoms with Crippen molar-refractivity contribution >= 4 is 43.1 Å². The van der Waals surface area contributed by atoms with Gasteiger partial charge in [0, 0.05) is 21.5 Å². The quantitative estimate of drug-likeness (QED) is 0.193. The number of hydrogen-bond acceptors (Lipinski definition) is 6. The molecule has 180 valence electrons. The van der Waals surface area contributed by atoms with Gasteiger partial charge in [-0.05, 0) is 12.1 Å². The zero-order valence-corrected chi connectivity index (χ0v) is 19.7. The van der Waals surface area contributed by atoms with Crippen LogP contribution in [0, 0.1) is 0 Å². The molecule has 35 heavy (non-hydrogen) atoms. The summed E-state index contributed by atoms with van der Waals surface area (Å²) in [7, 11) is 0. The summed E-state index contributed by atoms with van der Waals surface area (Å²) >= 11 is 0. The van der Waals surface area contributed by atoms with E-state index in [0.717, 1.165) is 0 Å². The molecule has 0 saturated heterocycles. The van der Waals surface area contributed by atoms with Crippen LogP contribution in [-0.2, 0) is 0 Å². The number of benzene rings is 4. The zero-order valence-electron chi connectivity index (χ0n) is 19.7. The molecule has 7 nitrogen and oxygen atoms in total. The third-order valence-electron chi connectivity index (χ3n) is 6.44. The lowest BCUT2D eigenvalue weighted by molar-refractivity contribution is 0.478. The van der Waals surface area contributed by atoms with Gasteiger partial charge >= 0.3 is 0 Å². The minimum atomic E-state index is -0.701. The number of rotatable bonds is 5. The van der Waals surface area contributed by atoms with E-state index < -0.39 is 33.5 Å². The van der Waals surface area contributed by atoms with Crippen molar-refractivity contribution in [2.45, 2.75) is 52.4 Å². The second kappa shape index (κ2) is 9.70. The predicted molar refractivity (Wildman–Crippen MR) is 141 cm³/mol. The molecule has 0 radical (unpaired) electrons. The van der Waals surface area contributed by atoms with E-state index in [4.69, 9.17) is 0 Å². The number of aromatic nitrogens is 1. The molecule has 0 spiro atoms. The molecule has 0 bridgehead atoms. The fraction of sp³-hybridized carbons (Fsp3) is 0.286. The Morgan fingerprint density at radius 2 is 1.00 bits per heavy atom. The van der Waals surface area contributed by atoms with Crippen molar-refractivity contribution in [1.82, 2.24) is 4.98 Å². The Morgan fingerprint density at radius 1 is 0.600 bits per heavy atom. The van der Waals surface area contributed by atoms with Crippen LogP contribution in [0.3, 0.4) is 0 Å². The van der Waals surface area contributed by atoms with Crippen molar-refractivity contribution in [3.8, 4) is 11.5 Å². The molecule has 0 unspecified atom stereocenters. The molecule has 0 fully saturated rings. The van der Waals surface area contributed by atoms with Gasteiger partial charge in [0.25, 0.3) is 11.1 Å². The topological polar surface area (TPSA) is 125 Å². The summed E-state index contributed by atoms with van der Waals surface area (Å²) in [5.74, 6) is -0.827. The summed E-state index contributed by atoms with van der Waals surface area (Å²) in [6.45, 7) is 4.51. The summed E-state index contributed by atoms with van der Waals surface area (Å²) in [5, 5.41) is 20.8. The predicted octanol–water partition coefficient (Wildman–Crippen LogP) is 4.72. The number of phenols is 2. The monoisotopic (exact) mass is 473 g/mol. The Labute approximate surface area is 200 Å². The molecule has 1 aromatic heterocycles. The van der Waals surface area contributed by atoms with E-state index >= 15 is 0 Å². The smallest absolute Gasteiger partial charge is 0.258 e. The van der Waals surface area contributed by atoms with Gasteiger partial charge in [0.2, 0.25) is 0 Å². The van der Waals surface area contributed by atoms with Crippen LogP contribution < -0.4 is 22.0 Å². The van der Waals surface area contributed by atoms with Crippen molar-refractivity contribution in [3.05, 3.63) is 77.6 Å². The molecule has 0 saturated carbocycles. The van der Waals surface area contributed by atoms with Crippen LogP contribution in [0.25, 0.3) is 43.1 Å². The molecule has 0 aliphatic carbocycles. The van der Waals surface area contributed by atoms with Gasteiger partial charge in [-0.1, -0.05) is 76.6 Å². The van der Waals surface area contributed by atoms with Crippen molar-refractivity contribution in [2.24, 2.45) is 0 Å². The van der Waals surface area contributed by atoms with Gasteiger partial charge in [-0.3, -0.25) is 24.2 Å². The van der Waals surface area contributed by atoms with E-state index in [0.29, 0.717) is 0 Å². The SMILES string of the molecule is CCCCCCCC.O=c1[nH]c(=O)c2cc3c(=O)c4c(O)c5ccccc5c(O)c4c(=O)c3cc12. The largest absolute Gasteiger partial charge is 0.506 e. The summed E-state index contributed by atoms with van der Waals surface area (Å²) in [4.78, 5) is 51.9. The number of phenolic OH excluding ortho intramolecular Hbond substituents is 2. The summed E-state index contributed by atoms with van der Waals surface area (Å²) in [6.07, 6.45) is 8.49. The third-order valence-corrected chi connectivity index (χ3v) is 6.44. The number of H-pyrrole nitrogens is 1. The summed E-state index contributed by atoms with van der Waals surface area (Å²) in [5.41, 5.74) is -2.72. The maximum Gasteiger partial charge on any atom is 0.258 e. The second-order valence-electron chi connectivity index (χ2n) is 8.79. The molecule has 0 aliphatic rings. The first-order valence-electron chi connectivity index (χ1n) is 11.9. The Bertz CT molecular complexity index is 1650. The molecule has 0 aliphatic heterocycles. The Hall–Kier alpha value is -4.00. The first-order chi connectivity index (χ1) is 16.8. The molecule has 4 aromatic carbocycles. The second-order valence-corrected chi connectivity index (χ2v) is 8.79. The molecule has 0 amide bonds. The van der Waals surface area contributed by atoms with E-state index in [-0.39, 0.29) is 43.1 Å². The van der Waals surface area contributed by atoms with Gasteiger partial charge in [-0.2, -0.15) is 0 Å². The van der Waals surface area contributed by atoms with E-state index in [2.05, 4.69) is 18.8 Å². The Balaban J connectivity index is 0.000000314. The van der Waals surface area contributed by atoms with Crippen molar-refractivity contribution in [2.75, 3.05) is 0 Å². The first kappa shape index (κ1) is 24.1. The van der Waals surface area contributed by atoms with Gasteiger partial charge in [0.1, 0.15) is 11.5 Å². The van der Waals surface area contributed by atoms with Crippen LogP contribution in [0.4, 0.5) is 0 Å². The van der Waals surface area contributed by atoms with Crippen LogP contribution in [0.2, 0.25) is 0 Å². The molecule has 5 aromatic rings. The molecular weight excluding hydrogens is 446 g/mol. The lowest BCUT2D eigenvalue weighted by Crippen LogP contribution is -2.14.